The maximum absolute atomic E-state index is 12.9. The molecule has 1 N–H and O–H groups in total. The molecule has 2 aromatic rings. The Balaban J connectivity index is 1.93. The number of nitrogens with zero attached hydrogens (tertiary/aromatic N) is 2. The average Bonchev–Trinajstić information content (AvgIpc) is 2.93. The number of carbonyl (C=O) groups excluding carboxylic acids is 1. The third-order valence-electron chi connectivity index (χ3n) is 3.77. The quantitative estimate of drug-likeness (QED) is 0.628. The van der Waals surface area contributed by atoms with Crippen LogP contribution in [0.1, 0.15) is 25.3 Å². The minimum atomic E-state index is -0.0699. The van der Waals surface area contributed by atoms with Crippen molar-refractivity contribution in [2.24, 2.45) is 4.99 Å². The fourth-order valence-electron chi connectivity index (χ4n) is 2.44. The number of amidine groups is 1. The van der Waals surface area contributed by atoms with Crippen LogP contribution in [0.25, 0.3) is 6.08 Å². The predicted octanol–water partition coefficient (Wildman–Crippen LogP) is 4.67. The normalized spacial score (nSPS) is 17.6. The van der Waals surface area contributed by atoms with Gasteiger partial charge in [-0.3, -0.25) is 14.7 Å². The molecule has 1 amide bonds. The van der Waals surface area contributed by atoms with Crippen molar-refractivity contribution in [2.75, 3.05) is 11.4 Å². The molecule has 0 radical (unpaired) electrons. The highest BCUT2D eigenvalue weighted by molar-refractivity contribution is 8.19. The number of phenols is 1. The Kier molecular flexibility index (Phi) is 5.56. The van der Waals surface area contributed by atoms with E-state index >= 15 is 0 Å². The van der Waals surface area contributed by atoms with E-state index in [1.54, 1.807) is 29.2 Å². The maximum Gasteiger partial charge on any atom is 0.271 e. The Labute approximate surface area is 151 Å². The zero-order valence-corrected chi connectivity index (χ0v) is 14.9. The van der Waals surface area contributed by atoms with Gasteiger partial charge in [-0.05, 0) is 54.1 Å². The Morgan fingerprint density at radius 3 is 2.52 bits per heavy atom. The summed E-state index contributed by atoms with van der Waals surface area (Å²) in [7, 11) is 0. The van der Waals surface area contributed by atoms with Gasteiger partial charge in [0.25, 0.3) is 5.91 Å². The van der Waals surface area contributed by atoms with E-state index in [-0.39, 0.29) is 11.7 Å². The number of benzene rings is 2. The van der Waals surface area contributed by atoms with E-state index in [0.717, 1.165) is 29.3 Å². The number of thioether (sulfide) groups is 1. The Morgan fingerprint density at radius 2 is 1.84 bits per heavy atom. The van der Waals surface area contributed by atoms with E-state index in [1.165, 1.54) is 11.8 Å². The van der Waals surface area contributed by atoms with Crippen molar-refractivity contribution in [1.29, 1.82) is 0 Å². The molecule has 1 aliphatic rings. The van der Waals surface area contributed by atoms with Crippen LogP contribution in [-0.2, 0) is 4.79 Å². The first-order valence-corrected chi connectivity index (χ1v) is 9.13. The molecule has 0 unspecified atom stereocenters. The van der Waals surface area contributed by atoms with Gasteiger partial charge in [-0.1, -0.05) is 43.7 Å². The van der Waals surface area contributed by atoms with Crippen LogP contribution in [0.5, 0.6) is 5.75 Å². The fraction of sp³-hybridized carbons (Fsp3) is 0.200. The van der Waals surface area contributed by atoms with Gasteiger partial charge < -0.3 is 5.11 Å². The molecule has 0 bridgehead atoms. The van der Waals surface area contributed by atoms with Crippen molar-refractivity contribution in [3.8, 4) is 5.75 Å². The molecule has 1 saturated heterocycles. The second-order valence-electron chi connectivity index (χ2n) is 5.70. The molecule has 0 atom stereocenters. The minimum absolute atomic E-state index is 0.0699. The lowest BCUT2D eigenvalue weighted by Gasteiger charge is -2.15. The van der Waals surface area contributed by atoms with Gasteiger partial charge >= 0.3 is 0 Å². The Morgan fingerprint density at radius 1 is 1.12 bits per heavy atom. The minimum Gasteiger partial charge on any atom is -0.508 e. The molecule has 0 aliphatic carbocycles. The number of anilines is 1. The number of phenolic OH excluding ortho intramolecular Hbond substituents is 1. The smallest absolute Gasteiger partial charge is 0.271 e. The fourth-order valence-corrected chi connectivity index (χ4v) is 3.44. The van der Waals surface area contributed by atoms with Crippen molar-refractivity contribution >= 4 is 34.6 Å². The number of rotatable bonds is 5. The Hall–Kier alpha value is -2.53. The lowest BCUT2D eigenvalue weighted by Crippen LogP contribution is -2.28. The van der Waals surface area contributed by atoms with E-state index in [4.69, 9.17) is 0 Å². The van der Waals surface area contributed by atoms with Gasteiger partial charge in [0.2, 0.25) is 0 Å². The van der Waals surface area contributed by atoms with Crippen LogP contribution in [0.3, 0.4) is 0 Å². The second kappa shape index (κ2) is 8.03. The number of unbranched alkanes of at least 4 members (excludes halogenated alkanes) is 1. The van der Waals surface area contributed by atoms with Crippen LogP contribution in [0.4, 0.5) is 5.69 Å². The summed E-state index contributed by atoms with van der Waals surface area (Å²) in [5.41, 5.74) is 1.70. The molecular weight excluding hydrogens is 332 g/mol. The number of hydrogen-bond acceptors (Lipinski definition) is 4. The zero-order chi connectivity index (χ0) is 17.6. The Bertz CT molecular complexity index is 798. The van der Waals surface area contributed by atoms with Gasteiger partial charge in [-0.25, -0.2) is 0 Å². The maximum atomic E-state index is 12.9. The first-order chi connectivity index (χ1) is 12.2. The van der Waals surface area contributed by atoms with Crippen molar-refractivity contribution < 1.29 is 9.90 Å². The third kappa shape index (κ3) is 4.12. The summed E-state index contributed by atoms with van der Waals surface area (Å²) in [6.45, 7) is 2.83. The summed E-state index contributed by atoms with van der Waals surface area (Å²) in [4.78, 5) is 19.9. The molecule has 25 heavy (non-hydrogen) atoms. The number of para-hydroxylation sites is 1. The highest BCUT2D eigenvalue weighted by Gasteiger charge is 2.34. The molecule has 3 rings (SSSR count). The molecule has 1 aliphatic heterocycles. The van der Waals surface area contributed by atoms with Crippen LogP contribution in [0.2, 0.25) is 0 Å². The number of aromatic hydroxyl groups is 1. The summed E-state index contributed by atoms with van der Waals surface area (Å²) in [6, 6.07) is 16.4. The van der Waals surface area contributed by atoms with Gasteiger partial charge in [-0.15, -0.1) is 0 Å². The van der Waals surface area contributed by atoms with Gasteiger partial charge in [0.05, 0.1) is 10.6 Å². The van der Waals surface area contributed by atoms with Crippen molar-refractivity contribution in [3.63, 3.8) is 0 Å². The van der Waals surface area contributed by atoms with Crippen molar-refractivity contribution in [3.05, 3.63) is 65.1 Å². The summed E-state index contributed by atoms with van der Waals surface area (Å²) < 4.78 is 0. The van der Waals surface area contributed by atoms with Gasteiger partial charge in [0.15, 0.2) is 5.17 Å². The summed E-state index contributed by atoms with van der Waals surface area (Å²) in [6.07, 6.45) is 3.90. The lowest BCUT2D eigenvalue weighted by atomic mass is 10.2. The van der Waals surface area contributed by atoms with E-state index < -0.39 is 0 Å². The zero-order valence-electron chi connectivity index (χ0n) is 14.1. The highest BCUT2D eigenvalue weighted by Crippen LogP contribution is 2.36. The number of carbonyl (C=O) groups is 1. The van der Waals surface area contributed by atoms with E-state index in [9.17, 15) is 9.90 Å². The molecule has 1 heterocycles. The summed E-state index contributed by atoms with van der Waals surface area (Å²) >= 11 is 1.40. The standard InChI is InChI=1S/C20H20N2O2S/c1-2-3-13-21-20-22(16-7-5-4-6-8-16)19(24)18(25-20)14-15-9-11-17(23)12-10-15/h4-12,14,23H,2-3,13H2,1H3/b18-14-,21-20-. The van der Waals surface area contributed by atoms with Crippen LogP contribution < -0.4 is 4.90 Å². The molecule has 4 nitrogen and oxygen atoms in total. The molecule has 0 aromatic heterocycles. The third-order valence-corrected chi connectivity index (χ3v) is 4.78. The number of amides is 1. The van der Waals surface area contributed by atoms with E-state index in [0.29, 0.717) is 11.4 Å². The van der Waals surface area contributed by atoms with Crippen LogP contribution in [0.15, 0.2) is 64.5 Å². The van der Waals surface area contributed by atoms with Gasteiger partial charge in [0.1, 0.15) is 5.75 Å². The lowest BCUT2D eigenvalue weighted by molar-refractivity contribution is -0.113. The van der Waals surface area contributed by atoms with Gasteiger partial charge in [0, 0.05) is 6.54 Å². The topological polar surface area (TPSA) is 52.9 Å². The summed E-state index contributed by atoms with van der Waals surface area (Å²) in [5.74, 6) is 0.139. The van der Waals surface area contributed by atoms with Crippen LogP contribution in [0, 0.1) is 0 Å². The monoisotopic (exact) mass is 352 g/mol. The molecular formula is C20H20N2O2S. The number of hydrogen-bond donors (Lipinski definition) is 1. The molecule has 128 valence electrons. The first-order valence-electron chi connectivity index (χ1n) is 8.31. The van der Waals surface area contributed by atoms with Crippen molar-refractivity contribution in [2.45, 2.75) is 19.8 Å². The van der Waals surface area contributed by atoms with Crippen LogP contribution in [-0.4, -0.2) is 22.7 Å². The van der Waals surface area contributed by atoms with E-state index in [2.05, 4.69) is 11.9 Å². The van der Waals surface area contributed by atoms with Crippen LogP contribution >= 0.6 is 11.8 Å². The number of aliphatic imine (C=N–C) groups is 1. The molecule has 0 saturated carbocycles. The predicted molar refractivity (Wildman–Crippen MR) is 105 cm³/mol. The SMILES string of the molecule is CCCC/N=C1\S/C(=C\c2ccc(O)cc2)C(=O)N1c1ccccc1. The molecule has 2 aromatic carbocycles. The van der Waals surface area contributed by atoms with Crippen molar-refractivity contribution in [1.82, 2.24) is 0 Å². The average molecular weight is 352 g/mol. The second-order valence-corrected chi connectivity index (χ2v) is 6.71. The summed E-state index contributed by atoms with van der Waals surface area (Å²) in [5, 5.41) is 10.1. The first kappa shape index (κ1) is 17.3. The van der Waals surface area contributed by atoms with Gasteiger partial charge in [-0.2, -0.15) is 0 Å². The van der Waals surface area contributed by atoms with E-state index in [1.807, 2.05) is 36.4 Å². The highest BCUT2D eigenvalue weighted by atomic mass is 32.2. The largest absolute Gasteiger partial charge is 0.508 e. The molecule has 1 fully saturated rings. The molecule has 0 spiro atoms. The molecule has 5 heteroatoms.